The van der Waals surface area contributed by atoms with E-state index in [0.717, 1.165) is 63.5 Å². The molecular formula is C22H35N7O. The van der Waals surface area contributed by atoms with Crippen LogP contribution in [0.15, 0.2) is 29.3 Å². The summed E-state index contributed by atoms with van der Waals surface area (Å²) in [6.45, 7) is 13.0. The molecule has 1 aliphatic heterocycles. The van der Waals surface area contributed by atoms with Gasteiger partial charge in [0.05, 0.1) is 13.2 Å². The number of aromatic nitrogens is 3. The molecule has 2 aromatic rings. The minimum Gasteiger partial charge on any atom is -0.379 e. The van der Waals surface area contributed by atoms with E-state index in [1.54, 1.807) is 0 Å². The summed E-state index contributed by atoms with van der Waals surface area (Å²) in [6.07, 6.45) is 0. The monoisotopic (exact) mass is 413 g/mol. The summed E-state index contributed by atoms with van der Waals surface area (Å²) in [5.41, 5.74) is 2.62. The van der Waals surface area contributed by atoms with E-state index < -0.39 is 0 Å². The standard InChI is InChI=1S/C22H35N7O/c1-17-6-5-7-20(14-17)18(2)15-24-22(23-8-9-29-10-12-30-13-11-29)25-16-21-27-26-19(3)28(21)4/h5-7,14,18H,8-13,15-16H2,1-4H3,(H2,23,24,25). The number of rotatable bonds is 8. The number of aryl methyl sites for hydroxylation is 2. The summed E-state index contributed by atoms with van der Waals surface area (Å²) < 4.78 is 7.41. The number of morpholine rings is 1. The highest BCUT2D eigenvalue weighted by Crippen LogP contribution is 2.15. The second-order valence-electron chi connectivity index (χ2n) is 7.96. The van der Waals surface area contributed by atoms with Crippen molar-refractivity contribution in [3.05, 3.63) is 47.0 Å². The van der Waals surface area contributed by atoms with Crippen molar-refractivity contribution < 1.29 is 4.74 Å². The second-order valence-corrected chi connectivity index (χ2v) is 7.96. The van der Waals surface area contributed by atoms with Gasteiger partial charge < -0.3 is 19.9 Å². The maximum absolute atomic E-state index is 5.43. The lowest BCUT2D eigenvalue weighted by molar-refractivity contribution is 0.0389. The Balaban J connectivity index is 1.58. The Hall–Kier alpha value is -2.45. The molecule has 30 heavy (non-hydrogen) atoms. The van der Waals surface area contributed by atoms with Crippen molar-refractivity contribution >= 4 is 5.96 Å². The lowest BCUT2D eigenvalue weighted by Gasteiger charge is -2.27. The van der Waals surface area contributed by atoms with Gasteiger partial charge in [0.1, 0.15) is 12.4 Å². The number of hydrogen-bond donors (Lipinski definition) is 2. The maximum Gasteiger partial charge on any atom is 0.191 e. The van der Waals surface area contributed by atoms with Crippen molar-refractivity contribution in [1.29, 1.82) is 0 Å². The molecule has 0 amide bonds. The first-order valence-electron chi connectivity index (χ1n) is 10.8. The zero-order chi connectivity index (χ0) is 21.3. The van der Waals surface area contributed by atoms with Crippen molar-refractivity contribution in [2.45, 2.75) is 33.2 Å². The Kier molecular flexibility index (Phi) is 8.21. The molecule has 1 unspecified atom stereocenters. The summed E-state index contributed by atoms with van der Waals surface area (Å²) in [6, 6.07) is 8.68. The smallest absolute Gasteiger partial charge is 0.191 e. The average molecular weight is 414 g/mol. The zero-order valence-corrected chi connectivity index (χ0v) is 18.7. The molecule has 1 aromatic heterocycles. The molecule has 8 heteroatoms. The van der Waals surface area contributed by atoms with E-state index in [1.807, 2.05) is 18.5 Å². The summed E-state index contributed by atoms with van der Waals surface area (Å²) in [5, 5.41) is 15.3. The van der Waals surface area contributed by atoms with E-state index in [-0.39, 0.29) is 0 Å². The minimum atomic E-state index is 0.383. The molecule has 0 aliphatic carbocycles. The van der Waals surface area contributed by atoms with E-state index in [0.29, 0.717) is 12.5 Å². The number of nitrogens with zero attached hydrogens (tertiary/aromatic N) is 5. The first kappa shape index (κ1) is 22.2. The summed E-state index contributed by atoms with van der Waals surface area (Å²) in [4.78, 5) is 7.17. The van der Waals surface area contributed by atoms with Crippen molar-refractivity contribution in [1.82, 2.24) is 30.3 Å². The van der Waals surface area contributed by atoms with Gasteiger partial charge in [-0.15, -0.1) is 10.2 Å². The lowest BCUT2D eigenvalue weighted by Crippen LogP contribution is -2.45. The van der Waals surface area contributed by atoms with E-state index in [4.69, 9.17) is 9.73 Å². The highest BCUT2D eigenvalue weighted by molar-refractivity contribution is 5.79. The fraction of sp³-hybridized carbons (Fsp3) is 0.591. The van der Waals surface area contributed by atoms with Gasteiger partial charge in [0.15, 0.2) is 11.8 Å². The predicted molar refractivity (Wildman–Crippen MR) is 120 cm³/mol. The molecule has 164 valence electrons. The summed E-state index contributed by atoms with van der Waals surface area (Å²) in [5.74, 6) is 2.94. The van der Waals surface area contributed by atoms with Crippen LogP contribution in [0.5, 0.6) is 0 Å². The van der Waals surface area contributed by atoms with Gasteiger partial charge in [-0.1, -0.05) is 36.8 Å². The summed E-state index contributed by atoms with van der Waals surface area (Å²) >= 11 is 0. The van der Waals surface area contributed by atoms with Gasteiger partial charge >= 0.3 is 0 Å². The molecule has 2 N–H and O–H groups in total. The summed E-state index contributed by atoms with van der Waals surface area (Å²) in [7, 11) is 1.97. The molecule has 0 radical (unpaired) electrons. The Bertz CT molecular complexity index is 827. The van der Waals surface area contributed by atoms with Crippen LogP contribution in [-0.2, 0) is 18.3 Å². The van der Waals surface area contributed by atoms with Crippen LogP contribution < -0.4 is 10.6 Å². The van der Waals surface area contributed by atoms with Crippen LogP contribution in [0.25, 0.3) is 0 Å². The zero-order valence-electron chi connectivity index (χ0n) is 18.7. The van der Waals surface area contributed by atoms with Gasteiger partial charge in [-0.2, -0.15) is 0 Å². The fourth-order valence-electron chi connectivity index (χ4n) is 3.41. The van der Waals surface area contributed by atoms with Gasteiger partial charge in [0.25, 0.3) is 0 Å². The quantitative estimate of drug-likeness (QED) is 0.506. The van der Waals surface area contributed by atoms with Crippen LogP contribution in [-0.4, -0.2) is 71.6 Å². The molecular weight excluding hydrogens is 378 g/mol. The van der Waals surface area contributed by atoms with Crippen LogP contribution in [0.3, 0.4) is 0 Å². The Morgan fingerprint density at radius 3 is 2.70 bits per heavy atom. The van der Waals surface area contributed by atoms with E-state index in [9.17, 15) is 0 Å². The molecule has 0 bridgehead atoms. The average Bonchev–Trinajstić information content (AvgIpc) is 3.08. The fourth-order valence-corrected chi connectivity index (χ4v) is 3.41. The third-order valence-corrected chi connectivity index (χ3v) is 5.57. The molecule has 1 saturated heterocycles. The maximum atomic E-state index is 5.43. The highest BCUT2D eigenvalue weighted by Gasteiger charge is 2.11. The molecule has 1 fully saturated rings. The number of ether oxygens (including phenoxy) is 1. The first-order valence-corrected chi connectivity index (χ1v) is 10.8. The Morgan fingerprint density at radius 1 is 1.20 bits per heavy atom. The second kappa shape index (κ2) is 11.1. The largest absolute Gasteiger partial charge is 0.379 e. The van der Waals surface area contributed by atoms with Crippen LogP contribution in [0.2, 0.25) is 0 Å². The van der Waals surface area contributed by atoms with E-state index >= 15 is 0 Å². The Morgan fingerprint density at radius 2 is 2.00 bits per heavy atom. The van der Waals surface area contributed by atoms with Crippen LogP contribution in [0.1, 0.15) is 35.6 Å². The molecule has 3 rings (SSSR count). The topological polar surface area (TPSA) is 79.6 Å². The van der Waals surface area contributed by atoms with Crippen LogP contribution >= 0.6 is 0 Å². The van der Waals surface area contributed by atoms with Crippen molar-refractivity contribution in [3.8, 4) is 0 Å². The highest BCUT2D eigenvalue weighted by atomic mass is 16.5. The number of benzene rings is 1. The molecule has 0 saturated carbocycles. The molecule has 1 atom stereocenters. The SMILES string of the molecule is Cc1cccc(C(C)CNC(=NCc2nnc(C)n2C)NCCN2CCOCC2)c1. The van der Waals surface area contributed by atoms with E-state index in [2.05, 4.69) is 63.8 Å². The number of guanidine groups is 1. The van der Waals surface area contributed by atoms with Gasteiger partial charge in [-0.05, 0) is 25.3 Å². The van der Waals surface area contributed by atoms with Gasteiger partial charge in [0.2, 0.25) is 0 Å². The van der Waals surface area contributed by atoms with Crippen molar-refractivity contribution in [2.75, 3.05) is 45.9 Å². The van der Waals surface area contributed by atoms with Crippen molar-refractivity contribution in [2.24, 2.45) is 12.0 Å². The number of nitrogens with one attached hydrogen (secondary N) is 2. The molecule has 2 heterocycles. The lowest BCUT2D eigenvalue weighted by atomic mass is 9.99. The number of aliphatic imine (C=N–C) groups is 1. The third-order valence-electron chi connectivity index (χ3n) is 5.57. The van der Waals surface area contributed by atoms with Crippen LogP contribution in [0.4, 0.5) is 0 Å². The normalized spacial score (nSPS) is 16.5. The minimum absolute atomic E-state index is 0.383. The molecule has 0 spiro atoms. The third kappa shape index (κ3) is 6.53. The Labute approximate surface area is 179 Å². The molecule has 1 aliphatic rings. The van der Waals surface area contributed by atoms with E-state index in [1.165, 1.54) is 11.1 Å². The molecule has 1 aromatic carbocycles. The van der Waals surface area contributed by atoms with Gasteiger partial charge in [-0.25, -0.2) is 4.99 Å². The number of hydrogen-bond acceptors (Lipinski definition) is 5. The van der Waals surface area contributed by atoms with Crippen LogP contribution in [0, 0.1) is 13.8 Å². The van der Waals surface area contributed by atoms with Gasteiger partial charge in [0, 0.05) is 39.8 Å². The first-order chi connectivity index (χ1) is 14.5. The predicted octanol–water partition coefficient (Wildman–Crippen LogP) is 1.60. The van der Waals surface area contributed by atoms with Crippen molar-refractivity contribution in [3.63, 3.8) is 0 Å². The van der Waals surface area contributed by atoms with Gasteiger partial charge in [-0.3, -0.25) is 4.90 Å². The molecule has 8 nitrogen and oxygen atoms in total.